The Kier molecular flexibility index (Phi) is 6.32. The molecule has 0 radical (unpaired) electrons. The average molecular weight is 173 g/mol. The summed E-state index contributed by atoms with van der Waals surface area (Å²) in [5.74, 6) is -0.373. The second-order valence-corrected chi connectivity index (χ2v) is 2.33. The molecule has 0 spiro atoms. The summed E-state index contributed by atoms with van der Waals surface area (Å²) in [5.41, 5.74) is 5.38. The van der Waals surface area contributed by atoms with Gasteiger partial charge in [0.15, 0.2) is 0 Å². The predicted octanol–water partition coefficient (Wildman–Crippen LogP) is -0.185. The van der Waals surface area contributed by atoms with Gasteiger partial charge in [-0.1, -0.05) is 6.08 Å². The molecule has 3 N–H and O–H groups in total. The van der Waals surface area contributed by atoms with Crippen LogP contribution in [0.15, 0.2) is 12.2 Å². The van der Waals surface area contributed by atoms with Gasteiger partial charge in [0.2, 0.25) is 0 Å². The van der Waals surface area contributed by atoms with Crippen molar-refractivity contribution < 1.29 is 14.6 Å². The molecule has 12 heavy (non-hydrogen) atoms. The smallest absolute Gasteiger partial charge is 0.330 e. The van der Waals surface area contributed by atoms with Crippen LogP contribution in [-0.2, 0) is 9.53 Å². The molecule has 0 aromatic rings. The minimum atomic E-state index is -0.373. The Morgan fingerprint density at radius 3 is 2.92 bits per heavy atom. The lowest BCUT2D eigenvalue weighted by atomic mass is 10.2. The molecule has 0 aliphatic heterocycles. The fraction of sp³-hybridized carbons (Fsp3) is 0.625. The van der Waals surface area contributed by atoms with E-state index in [1.54, 1.807) is 13.0 Å². The highest BCUT2D eigenvalue weighted by Gasteiger charge is 1.97. The van der Waals surface area contributed by atoms with Gasteiger partial charge in [-0.15, -0.1) is 0 Å². The summed E-state index contributed by atoms with van der Waals surface area (Å²) in [7, 11) is 0. The van der Waals surface area contributed by atoms with Gasteiger partial charge in [-0.05, 0) is 13.3 Å². The molecule has 70 valence electrons. The maximum Gasteiger partial charge on any atom is 0.330 e. The molecule has 0 aliphatic rings. The zero-order valence-electron chi connectivity index (χ0n) is 7.19. The van der Waals surface area contributed by atoms with E-state index in [2.05, 4.69) is 4.74 Å². The molecule has 1 unspecified atom stereocenters. The number of nitrogens with two attached hydrogens (primary N) is 1. The van der Waals surface area contributed by atoms with Crippen LogP contribution in [0.3, 0.4) is 0 Å². The summed E-state index contributed by atoms with van der Waals surface area (Å²) in [6, 6.07) is -0.296. The van der Waals surface area contributed by atoms with E-state index >= 15 is 0 Å². The SMILES string of the molecule is CCOC(=O)/C=C/CC(N)CO. The Labute approximate surface area is 72.0 Å². The summed E-state index contributed by atoms with van der Waals surface area (Å²) >= 11 is 0. The van der Waals surface area contributed by atoms with Crippen LogP contribution in [0.2, 0.25) is 0 Å². The number of aliphatic hydroxyl groups excluding tert-OH is 1. The van der Waals surface area contributed by atoms with Crippen molar-refractivity contribution in [3.63, 3.8) is 0 Å². The highest BCUT2D eigenvalue weighted by atomic mass is 16.5. The minimum absolute atomic E-state index is 0.0762. The fourth-order valence-corrected chi connectivity index (χ4v) is 0.604. The largest absolute Gasteiger partial charge is 0.463 e. The summed E-state index contributed by atoms with van der Waals surface area (Å²) < 4.78 is 4.63. The third-order valence-corrected chi connectivity index (χ3v) is 1.21. The number of carbonyl (C=O) groups is 1. The Morgan fingerprint density at radius 1 is 1.75 bits per heavy atom. The Hall–Kier alpha value is -0.870. The Morgan fingerprint density at radius 2 is 2.42 bits per heavy atom. The van der Waals surface area contributed by atoms with Gasteiger partial charge in [0.05, 0.1) is 13.2 Å². The van der Waals surface area contributed by atoms with E-state index in [1.165, 1.54) is 6.08 Å². The van der Waals surface area contributed by atoms with Crippen molar-refractivity contribution in [1.29, 1.82) is 0 Å². The van der Waals surface area contributed by atoms with Crippen molar-refractivity contribution in [3.8, 4) is 0 Å². The Bertz CT molecular complexity index is 156. The predicted molar refractivity (Wildman–Crippen MR) is 45.5 cm³/mol. The van der Waals surface area contributed by atoms with Crippen LogP contribution >= 0.6 is 0 Å². The number of hydrogen-bond donors (Lipinski definition) is 2. The van der Waals surface area contributed by atoms with Gasteiger partial charge in [0.1, 0.15) is 0 Å². The van der Waals surface area contributed by atoms with E-state index in [-0.39, 0.29) is 18.6 Å². The molecule has 0 saturated carbocycles. The van der Waals surface area contributed by atoms with E-state index in [1.807, 2.05) is 0 Å². The van der Waals surface area contributed by atoms with E-state index in [0.29, 0.717) is 13.0 Å². The van der Waals surface area contributed by atoms with Gasteiger partial charge in [-0.2, -0.15) is 0 Å². The molecule has 0 fully saturated rings. The molecule has 0 saturated heterocycles. The number of esters is 1. The van der Waals surface area contributed by atoms with Crippen LogP contribution in [-0.4, -0.2) is 30.3 Å². The van der Waals surface area contributed by atoms with Crippen molar-refractivity contribution in [2.75, 3.05) is 13.2 Å². The highest BCUT2D eigenvalue weighted by molar-refractivity contribution is 5.81. The first kappa shape index (κ1) is 11.1. The second kappa shape index (κ2) is 6.82. The van der Waals surface area contributed by atoms with Crippen LogP contribution in [0.1, 0.15) is 13.3 Å². The van der Waals surface area contributed by atoms with Crippen molar-refractivity contribution in [1.82, 2.24) is 0 Å². The van der Waals surface area contributed by atoms with Crippen molar-refractivity contribution >= 4 is 5.97 Å². The number of rotatable bonds is 5. The summed E-state index contributed by atoms with van der Waals surface area (Å²) in [4.78, 5) is 10.7. The van der Waals surface area contributed by atoms with Crippen molar-refractivity contribution in [2.45, 2.75) is 19.4 Å². The van der Waals surface area contributed by atoms with Gasteiger partial charge in [0, 0.05) is 12.1 Å². The lowest BCUT2D eigenvalue weighted by molar-refractivity contribution is -0.137. The quantitative estimate of drug-likeness (QED) is 0.446. The number of hydrogen-bond acceptors (Lipinski definition) is 4. The first-order valence-corrected chi connectivity index (χ1v) is 3.90. The summed E-state index contributed by atoms with van der Waals surface area (Å²) in [5, 5.41) is 8.53. The molecular weight excluding hydrogens is 158 g/mol. The first-order valence-electron chi connectivity index (χ1n) is 3.90. The molecule has 0 rings (SSSR count). The lowest BCUT2D eigenvalue weighted by Gasteiger charge is -2.01. The molecule has 1 atom stereocenters. The molecule has 4 heteroatoms. The van der Waals surface area contributed by atoms with Crippen LogP contribution in [0.5, 0.6) is 0 Å². The zero-order chi connectivity index (χ0) is 9.40. The average Bonchev–Trinajstić information content (AvgIpc) is 2.04. The zero-order valence-corrected chi connectivity index (χ0v) is 7.19. The normalized spacial score (nSPS) is 13.2. The van der Waals surface area contributed by atoms with Gasteiger partial charge >= 0.3 is 5.97 Å². The lowest BCUT2D eigenvalue weighted by Crippen LogP contribution is -2.23. The third-order valence-electron chi connectivity index (χ3n) is 1.21. The molecule has 0 aromatic heterocycles. The van der Waals surface area contributed by atoms with E-state index in [0.717, 1.165) is 0 Å². The summed E-state index contributed by atoms with van der Waals surface area (Å²) in [6.07, 6.45) is 3.40. The summed E-state index contributed by atoms with van der Waals surface area (Å²) in [6.45, 7) is 2.04. The molecule has 0 aliphatic carbocycles. The molecule has 0 aromatic carbocycles. The van der Waals surface area contributed by atoms with Crippen LogP contribution in [0.4, 0.5) is 0 Å². The van der Waals surface area contributed by atoms with Gasteiger partial charge < -0.3 is 15.6 Å². The maximum absolute atomic E-state index is 10.7. The maximum atomic E-state index is 10.7. The van der Waals surface area contributed by atoms with Crippen LogP contribution < -0.4 is 5.73 Å². The molecular formula is C8H15NO3. The van der Waals surface area contributed by atoms with E-state index < -0.39 is 0 Å². The van der Waals surface area contributed by atoms with Gasteiger partial charge in [-0.3, -0.25) is 0 Å². The minimum Gasteiger partial charge on any atom is -0.463 e. The van der Waals surface area contributed by atoms with Gasteiger partial charge in [0.25, 0.3) is 0 Å². The first-order chi connectivity index (χ1) is 5.70. The molecule has 0 bridgehead atoms. The fourth-order valence-electron chi connectivity index (χ4n) is 0.604. The molecule has 0 heterocycles. The number of carbonyl (C=O) groups excluding carboxylic acids is 1. The van der Waals surface area contributed by atoms with Crippen molar-refractivity contribution in [2.24, 2.45) is 5.73 Å². The van der Waals surface area contributed by atoms with Crippen LogP contribution in [0.25, 0.3) is 0 Å². The second-order valence-electron chi connectivity index (χ2n) is 2.33. The number of aliphatic hydroxyl groups is 1. The topological polar surface area (TPSA) is 72.5 Å². The van der Waals surface area contributed by atoms with E-state index in [4.69, 9.17) is 10.8 Å². The molecule has 0 amide bonds. The third kappa shape index (κ3) is 5.88. The monoisotopic (exact) mass is 173 g/mol. The van der Waals surface area contributed by atoms with E-state index in [9.17, 15) is 4.79 Å². The van der Waals surface area contributed by atoms with Gasteiger partial charge in [-0.25, -0.2) is 4.79 Å². The van der Waals surface area contributed by atoms with Crippen LogP contribution in [0, 0.1) is 0 Å². The van der Waals surface area contributed by atoms with Crippen molar-refractivity contribution in [3.05, 3.63) is 12.2 Å². The number of ether oxygens (including phenoxy) is 1. The Balaban J connectivity index is 3.54. The molecule has 4 nitrogen and oxygen atoms in total. The standard InChI is InChI=1S/C8H15NO3/c1-2-12-8(11)5-3-4-7(9)6-10/h3,5,7,10H,2,4,6,9H2,1H3/b5-3+. The highest BCUT2D eigenvalue weighted by Crippen LogP contribution is 1.90.